The number of carbonyl (C=O) groups is 1. The summed E-state index contributed by atoms with van der Waals surface area (Å²) < 4.78 is 0. The highest BCUT2D eigenvalue weighted by atomic mass is 32.1. The fourth-order valence-electron chi connectivity index (χ4n) is 2.75. The topological polar surface area (TPSA) is 62.2 Å². The quantitative estimate of drug-likeness (QED) is 0.870. The van der Waals surface area contributed by atoms with E-state index < -0.39 is 5.97 Å². The Morgan fingerprint density at radius 3 is 2.65 bits per heavy atom. The van der Waals surface area contributed by atoms with Crippen molar-refractivity contribution in [3.8, 4) is 0 Å². The molecular formula is C12H18N2O2S. The van der Waals surface area contributed by atoms with Crippen LogP contribution in [0.25, 0.3) is 0 Å². The van der Waals surface area contributed by atoms with Gasteiger partial charge in [0.1, 0.15) is 5.00 Å². The Labute approximate surface area is 105 Å². The number of carboxylic acids is 1. The van der Waals surface area contributed by atoms with Crippen molar-refractivity contribution in [1.82, 2.24) is 4.98 Å². The Morgan fingerprint density at radius 1 is 1.41 bits per heavy atom. The summed E-state index contributed by atoms with van der Waals surface area (Å²) in [6, 6.07) is 0.382. The van der Waals surface area contributed by atoms with Crippen LogP contribution in [0.15, 0.2) is 5.51 Å². The fourth-order valence-corrected chi connectivity index (χ4v) is 3.50. The molecule has 0 aromatic carbocycles. The standard InChI is InChI=1S/C12H18N2O2S/c1-7-3-8(2)5-9(4-7)14-11-10(12(15)16)13-6-17-11/h6-9,14H,3-5H2,1-2H3,(H,15,16). The number of hydrogen-bond donors (Lipinski definition) is 2. The van der Waals surface area contributed by atoms with Crippen molar-refractivity contribution < 1.29 is 9.90 Å². The summed E-state index contributed by atoms with van der Waals surface area (Å²) in [5.74, 6) is 0.459. The van der Waals surface area contributed by atoms with Gasteiger partial charge < -0.3 is 10.4 Å². The highest BCUT2D eigenvalue weighted by Crippen LogP contribution is 2.32. The van der Waals surface area contributed by atoms with Gasteiger partial charge in [0.15, 0.2) is 5.69 Å². The first kappa shape index (κ1) is 12.4. The number of rotatable bonds is 3. The number of hydrogen-bond acceptors (Lipinski definition) is 4. The highest BCUT2D eigenvalue weighted by Gasteiger charge is 2.25. The second-order valence-electron chi connectivity index (χ2n) is 5.09. The van der Waals surface area contributed by atoms with E-state index in [1.807, 2.05) is 0 Å². The molecule has 2 unspecified atom stereocenters. The van der Waals surface area contributed by atoms with Crippen LogP contribution in [0.1, 0.15) is 43.6 Å². The average Bonchev–Trinajstić information content (AvgIpc) is 2.63. The SMILES string of the molecule is CC1CC(C)CC(Nc2scnc2C(=O)O)C1. The van der Waals surface area contributed by atoms with Gasteiger partial charge in [-0.3, -0.25) is 0 Å². The van der Waals surface area contributed by atoms with Crippen LogP contribution in [0.2, 0.25) is 0 Å². The molecule has 2 rings (SSSR count). The Hall–Kier alpha value is -1.10. The van der Waals surface area contributed by atoms with Gasteiger partial charge in [0, 0.05) is 6.04 Å². The van der Waals surface area contributed by atoms with Gasteiger partial charge in [-0.1, -0.05) is 13.8 Å². The zero-order valence-corrected chi connectivity index (χ0v) is 11.0. The Kier molecular flexibility index (Phi) is 3.66. The summed E-state index contributed by atoms with van der Waals surface area (Å²) in [4.78, 5) is 14.8. The number of aromatic carboxylic acids is 1. The van der Waals surface area contributed by atoms with Gasteiger partial charge in [0.25, 0.3) is 0 Å². The molecule has 17 heavy (non-hydrogen) atoms. The van der Waals surface area contributed by atoms with Crippen molar-refractivity contribution >= 4 is 22.3 Å². The van der Waals surface area contributed by atoms with Crippen LogP contribution >= 0.6 is 11.3 Å². The first-order valence-electron chi connectivity index (χ1n) is 5.99. The van der Waals surface area contributed by atoms with Crippen LogP contribution in [0.3, 0.4) is 0 Å². The lowest BCUT2D eigenvalue weighted by Gasteiger charge is -2.32. The molecule has 1 fully saturated rings. The van der Waals surface area contributed by atoms with Gasteiger partial charge in [-0.05, 0) is 31.1 Å². The molecule has 0 spiro atoms. The summed E-state index contributed by atoms with van der Waals surface area (Å²) in [7, 11) is 0. The molecule has 1 saturated carbocycles. The van der Waals surface area contributed by atoms with E-state index in [1.54, 1.807) is 5.51 Å². The number of nitrogens with zero attached hydrogens (tertiary/aromatic N) is 1. The molecular weight excluding hydrogens is 236 g/mol. The summed E-state index contributed by atoms with van der Waals surface area (Å²) in [6.07, 6.45) is 3.50. The van der Waals surface area contributed by atoms with E-state index in [2.05, 4.69) is 24.1 Å². The van der Waals surface area contributed by atoms with Crippen molar-refractivity contribution in [1.29, 1.82) is 0 Å². The molecule has 0 amide bonds. The summed E-state index contributed by atoms with van der Waals surface area (Å²) in [5, 5.41) is 13.0. The lowest BCUT2D eigenvalue weighted by atomic mass is 9.80. The van der Waals surface area contributed by atoms with Crippen LogP contribution < -0.4 is 5.32 Å². The lowest BCUT2D eigenvalue weighted by molar-refractivity contribution is 0.0692. The monoisotopic (exact) mass is 254 g/mol. The van der Waals surface area contributed by atoms with E-state index in [9.17, 15) is 4.79 Å². The number of nitrogens with one attached hydrogen (secondary N) is 1. The van der Waals surface area contributed by atoms with E-state index in [4.69, 9.17) is 5.11 Å². The molecule has 0 aliphatic heterocycles. The van der Waals surface area contributed by atoms with Gasteiger partial charge in [0.2, 0.25) is 0 Å². The Balaban J connectivity index is 2.05. The van der Waals surface area contributed by atoms with Crippen LogP contribution in [0.5, 0.6) is 0 Å². The van der Waals surface area contributed by atoms with E-state index in [1.165, 1.54) is 17.8 Å². The van der Waals surface area contributed by atoms with Gasteiger partial charge in [-0.15, -0.1) is 11.3 Å². The maximum atomic E-state index is 11.0. The smallest absolute Gasteiger partial charge is 0.357 e. The van der Waals surface area contributed by atoms with Crippen molar-refractivity contribution in [3.05, 3.63) is 11.2 Å². The minimum atomic E-state index is -0.953. The lowest BCUT2D eigenvalue weighted by Crippen LogP contribution is -2.30. The summed E-state index contributed by atoms with van der Waals surface area (Å²) >= 11 is 1.37. The molecule has 2 N–H and O–H groups in total. The third-order valence-corrected chi connectivity index (χ3v) is 4.04. The van der Waals surface area contributed by atoms with Gasteiger partial charge in [0.05, 0.1) is 5.51 Å². The summed E-state index contributed by atoms with van der Waals surface area (Å²) in [6.45, 7) is 4.52. The van der Waals surface area contributed by atoms with Crippen molar-refractivity contribution in [2.75, 3.05) is 5.32 Å². The number of thiazole rings is 1. The van der Waals surface area contributed by atoms with Gasteiger partial charge in [-0.2, -0.15) is 0 Å². The van der Waals surface area contributed by atoms with Gasteiger partial charge >= 0.3 is 5.97 Å². The van der Waals surface area contributed by atoms with E-state index in [0.717, 1.165) is 12.8 Å². The molecule has 0 radical (unpaired) electrons. The van der Waals surface area contributed by atoms with Crippen LogP contribution in [-0.4, -0.2) is 22.1 Å². The Bertz CT molecular complexity index is 395. The molecule has 4 nitrogen and oxygen atoms in total. The summed E-state index contributed by atoms with van der Waals surface area (Å²) in [5.41, 5.74) is 1.74. The highest BCUT2D eigenvalue weighted by molar-refractivity contribution is 7.14. The Morgan fingerprint density at radius 2 is 2.06 bits per heavy atom. The number of aromatic nitrogens is 1. The molecule has 1 aliphatic carbocycles. The molecule has 94 valence electrons. The van der Waals surface area contributed by atoms with Crippen molar-refractivity contribution in [3.63, 3.8) is 0 Å². The molecule has 0 bridgehead atoms. The molecule has 1 aromatic heterocycles. The largest absolute Gasteiger partial charge is 0.476 e. The molecule has 1 heterocycles. The van der Waals surface area contributed by atoms with Crippen molar-refractivity contribution in [2.45, 2.75) is 39.2 Å². The fraction of sp³-hybridized carbons (Fsp3) is 0.667. The molecule has 1 aliphatic rings. The average molecular weight is 254 g/mol. The normalized spacial score (nSPS) is 28.9. The molecule has 1 aromatic rings. The third-order valence-electron chi connectivity index (χ3n) is 3.28. The van der Waals surface area contributed by atoms with Gasteiger partial charge in [-0.25, -0.2) is 9.78 Å². The zero-order valence-electron chi connectivity index (χ0n) is 10.1. The first-order valence-corrected chi connectivity index (χ1v) is 6.87. The van der Waals surface area contributed by atoms with E-state index in [-0.39, 0.29) is 5.69 Å². The third kappa shape index (κ3) is 2.97. The van der Waals surface area contributed by atoms with E-state index in [0.29, 0.717) is 22.9 Å². The second-order valence-corrected chi connectivity index (χ2v) is 5.95. The minimum absolute atomic E-state index is 0.154. The molecule has 0 saturated heterocycles. The molecule has 2 atom stereocenters. The second kappa shape index (κ2) is 5.04. The number of carboxylic acid groups (broad SMARTS) is 1. The van der Waals surface area contributed by atoms with Crippen LogP contribution in [0.4, 0.5) is 5.00 Å². The number of anilines is 1. The maximum Gasteiger partial charge on any atom is 0.357 e. The maximum absolute atomic E-state index is 11.0. The minimum Gasteiger partial charge on any atom is -0.476 e. The first-order chi connectivity index (χ1) is 8.06. The predicted octanol–water partition coefficient (Wildman–Crippen LogP) is 3.08. The zero-order chi connectivity index (χ0) is 12.4. The van der Waals surface area contributed by atoms with Crippen molar-refractivity contribution in [2.24, 2.45) is 11.8 Å². The van der Waals surface area contributed by atoms with Crippen LogP contribution in [-0.2, 0) is 0 Å². The van der Waals surface area contributed by atoms with Crippen LogP contribution in [0, 0.1) is 11.8 Å². The van der Waals surface area contributed by atoms with E-state index >= 15 is 0 Å². The molecule has 5 heteroatoms. The predicted molar refractivity (Wildman–Crippen MR) is 68.7 cm³/mol.